The van der Waals surface area contributed by atoms with Crippen molar-refractivity contribution in [3.63, 3.8) is 0 Å². The van der Waals surface area contributed by atoms with Gasteiger partial charge in [0.25, 0.3) is 5.91 Å². The number of nitrogens with zero attached hydrogens (tertiary/aromatic N) is 3. The first-order valence-electron chi connectivity index (χ1n) is 9.35. The zero-order valence-electron chi connectivity index (χ0n) is 16.9. The minimum atomic E-state index is -0.229. The zero-order valence-corrected chi connectivity index (χ0v) is 16.9. The summed E-state index contributed by atoms with van der Waals surface area (Å²) in [6, 6.07) is 15.5. The summed E-state index contributed by atoms with van der Waals surface area (Å²) in [6.07, 6.45) is 1.62. The van der Waals surface area contributed by atoms with Crippen molar-refractivity contribution >= 4 is 17.2 Å². The summed E-state index contributed by atoms with van der Waals surface area (Å²) in [5.41, 5.74) is 6.75. The number of aromatic nitrogens is 3. The highest BCUT2D eigenvalue weighted by molar-refractivity contribution is 6.05. The molecule has 0 aliphatic rings. The second-order valence-electron chi connectivity index (χ2n) is 7.01. The molecule has 0 bridgehead atoms. The minimum Gasteiger partial charge on any atom is -0.497 e. The van der Waals surface area contributed by atoms with Crippen molar-refractivity contribution in [1.29, 1.82) is 0 Å². The Morgan fingerprint density at radius 1 is 1.07 bits per heavy atom. The predicted octanol–water partition coefficient (Wildman–Crippen LogP) is 4.58. The van der Waals surface area contributed by atoms with Crippen LogP contribution in [0.2, 0.25) is 0 Å². The largest absolute Gasteiger partial charge is 0.497 e. The summed E-state index contributed by atoms with van der Waals surface area (Å²) in [6.45, 7) is 5.90. The molecule has 1 amide bonds. The third-order valence-corrected chi connectivity index (χ3v) is 4.96. The minimum absolute atomic E-state index is 0.229. The van der Waals surface area contributed by atoms with E-state index in [4.69, 9.17) is 4.74 Å². The van der Waals surface area contributed by atoms with Gasteiger partial charge in [0.1, 0.15) is 5.75 Å². The lowest BCUT2D eigenvalue weighted by molar-refractivity contribution is 0.102. The van der Waals surface area contributed by atoms with Crippen LogP contribution < -0.4 is 10.1 Å². The van der Waals surface area contributed by atoms with Crippen LogP contribution in [0.5, 0.6) is 5.75 Å². The Morgan fingerprint density at radius 2 is 1.83 bits per heavy atom. The van der Waals surface area contributed by atoms with Crippen LogP contribution in [0, 0.1) is 20.8 Å². The quantitative estimate of drug-likeness (QED) is 0.557. The van der Waals surface area contributed by atoms with Crippen LogP contribution in [0.3, 0.4) is 0 Å². The monoisotopic (exact) mass is 386 g/mol. The first kappa shape index (κ1) is 18.7. The lowest BCUT2D eigenvalue weighted by Gasteiger charge is -2.09. The number of ether oxygens (including phenoxy) is 1. The van der Waals surface area contributed by atoms with Gasteiger partial charge in [-0.25, -0.2) is 9.50 Å². The lowest BCUT2D eigenvalue weighted by Crippen LogP contribution is -2.16. The molecule has 4 aromatic rings. The fourth-order valence-electron chi connectivity index (χ4n) is 3.44. The summed E-state index contributed by atoms with van der Waals surface area (Å²) in [4.78, 5) is 17.4. The van der Waals surface area contributed by atoms with E-state index in [1.165, 1.54) is 5.56 Å². The molecule has 29 heavy (non-hydrogen) atoms. The molecule has 146 valence electrons. The molecular weight excluding hydrogens is 364 g/mol. The smallest absolute Gasteiger partial charge is 0.259 e. The molecule has 6 heteroatoms. The highest BCUT2D eigenvalue weighted by Gasteiger charge is 2.19. The van der Waals surface area contributed by atoms with E-state index in [-0.39, 0.29) is 5.91 Å². The van der Waals surface area contributed by atoms with E-state index in [2.05, 4.69) is 40.5 Å². The molecule has 0 aliphatic heterocycles. The van der Waals surface area contributed by atoms with Gasteiger partial charge in [0.2, 0.25) is 0 Å². The SMILES string of the molecule is COc1ccc(NC(=O)c2cnc3c(-c4cccc(C)c4)c(C)nn3c2C)cc1. The number of carbonyl (C=O) groups excluding carboxylic acids is 1. The lowest BCUT2D eigenvalue weighted by atomic mass is 10.0. The standard InChI is InChI=1S/C23H22N4O2/c1-14-6-5-7-17(12-14)21-15(2)26-27-16(3)20(13-24-22(21)27)23(28)25-18-8-10-19(29-4)11-9-18/h5-13H,1-4H3,(H,25,28). The van der Waals surface area contributed by atoms with Crippen LogP contribution in [0.15, 0.2) is 54.7 Å². The summed E-state index contributed by atoms with van der Waals surface area (Å²) in [7, 11) is 1.61. The Kier molecular flexibility index (Phi) is 4.76. The molecule has 0 fully saturated rings. The van der Waals surface area contributed by atoms with E-state index < -0.39 is 0 Å². The van der Waals surface area contributed by atoms with Gasteiger partial charge >= 0.3 is 0 Å². The van der Waals surface area contributed by atoms with Crippen molar-refractivity contribution in [2.45, 2.75) is 20.8 Å². The van der Waals surface area contributed by atoms with Crippen molar-refractivity contribution < 1.29 is 9.53 Å². The highest BCUT2D eigenvalue weighted by atomic mass is 16.5. The molecule has 2 heterocycles. The predicted molar refractivity (Wildman–Crippen MR) is 114 cm³/mol. The molecule has 2 aromatic carbocycles. The Bertz CT molecular complexity index is 1210. The Morgan fingerprint density at radius 3 is 2.52 bits per heavy atom. The number of methoxy groups -OCH3 is 1. The number of anilines is 1. The normalized spacial score (nSPS) is 10.9. The van der Waals surface area contributed by atoms with E-state index in [0.717, 1.165) is 33.9 Å². The second-order valence-corrected chi connectivity index (χ2v) is 7.01. The van der Waals surface area contributed by atoms with Gasteiger partial charge in [0, 0.05) is 17.4 Å². The fraction of sp³-hybridized carbons (Fsp3) is 0.174. The number of benzene rings is 2. The van der Waals surface area contributed by atoms with Gasteiger partial charge < -0.3 is 10.1 Å². The first-order chi connectivity index (χ1) is 14.0. The molecule has 0 unspecified atom stereocenters. The van der Waals surface area contributed by atoms with Gasteiger partial charge in [-0.15, -0.1) is 0 Å². The van der Waals surface area contributed by atoms with Crippen LogP contribution in [0.1, 0.15) is 27.3 Å². The van der Waals surface area contributed by atoms with Gasteiger partial charge in [-0.05, 0) is 50.6 Å². The second kappa shape index (κ2) is 7.39. The fourth-order valence-corrected chi connectivity index (χ4v) is 3.44. The summed E-state index contributed by atoms with van der Waals surface area (Å²) >= 11 is 0. The third kappa shape index (κ3) is 3.45. The van der Waals surface area contributed by atoms with Gasteiger partial charge in [0.05, 0.1) is 24.1 Å². The van der Waals surface area contributed by atoms with Crippen LogP contribution >= 0.6 is 0 Å². The maximum Gasteiger partial charge on any atom is 0.259 e. The summed E-state index contributed by atoms with van der Waals surface area (Å²) < 4.78 is 6.90. The molecule has 2 aromatic heterocycles. The van der Waals surface area contributed by atoms with Crippen molar-refractivity contribution in [3.05, 3.63) is 77.2 Å². The molecule has 0 saturated heterocycles. The van der Waals surface area contributed by atoms with E-state index in [1.54, 1.807) is 42.1 Å². The van der Waals surface area contributed by atoms with E-state index in [1.807, 2.05) is 19.9 Å². The molecule has 0 atom stereocenters. The number of hydrogen-bond acceptors (Lipinski definition) is 4. The van der Waals surface area contributed by atoms with Crippen molar-refractivity contribution in [2.24, 2.45) is 0 Å². The molecule has 0 saturated carbocycles. The van der Waals surface area contributed by atoms with E-state index >= 15 is 0 Å². The Balaban J connectivity index is 1.72. The zero-order chi connectivity index (χ0) is 20.5. The van der Waals surface area contributed by atoms with E-state index in [9.17, 15) is 4.79 Å². The molecular formula is C23H22N4O2. The van der Waals surface area contributed by atoms with Gasteiger partial charge in [0.15, 0.2) is 5.65 Å². The van der Waals surface area contributed by atoms with Crippen molar-refractivity contribution in [2.75, 3.05) is 12.4 Å². The average Bonchev–Trinajstić information content (AvgIpc) is 3.05. The van der Waals surface area contributed by atoms with Crippen LogP contribution in [-0.4, -0.2) is 27.6 Å². The molecule has 0 radical (unpaired) electrons. The highest BCUT2D eigenvalue weighted by Crippen LogP contribution is 2.29. The Labute approximate surface area is 169 Å². The average molecular weight is 386 g/mol. The number of aryl methyl sites for hydroxylation is 3. The number of hydrogen-bond donors (Lipinski definition) is 1. The van der Waals surface area contributed by atoms with Crippen molar-refractivity contribution in [1.82, 2.24) is 14.6 Å². The molecule has 4 rings (SSSR count). The van der Waals surface area contributed by atoms with Crippen LogP contribution in [0.25, 0.3) is 16.8 Å². The Hall–Kier alpha value is -3.67. The maximum absolute atomic E-state index is 12.8. The number of fused-ring (bicyclic) bond motifs is 1. The summed E-state index contributed by atoms with van der Waals surface area (Å²) in [5, 5.41) is 7.55. The van der Waals surface area contributed by atoms with Crippen molar-refractivity contribution in [3.8, 4) is 16.9 Å². The number of rotatable bonds is 4. The third-order valence-electron chi connectivity index (χ3n) is 4.96. The number of nitrogens with one attached hydrogen (secondary N) is 1. The van der Waals surface area contributed by atoms with Crippen LogP contribution in [-0.2, 0) is 0 Å². The van der Waals surface area contributed by atoms with Gasteiger partial charge in [-0.3, -0.25) is 4.79 Å². The molecule has 0 aliphatic carbocycles. The van der Waals surface area contributed by atoms with Crippen LogP contribution in [0.4, 0.5) is 5.69 Å². The van der Waals surface area contributed by atoms with E-state index in [0.29, 0.717) is 11.3 Å². The molecule has 6 nitrogen and oxygen atoms in total. The first-order valence-corrected chi connectivity index (χ1v) is 9.35. The summed E-state index contributed by atoms with van der Waals surface area (Å²) in [5.74, 6) is 0.505. The molecule has 1 N–H and O–H groups in total. The number of carbonyl (C=O) groups is 1. The molecule has 0 spiro atoms. The maximum atomic E-state index is 12.8. The number of amides is 1. The topological polar surface area (TPSA) is 68.5 Å². The van der Waals surface area contributed by atoms with Gasteiger partial charge in [-0.1, -0.05) is 29.8 Å². The van der Waals surface area contributed by atoms with Gasteiger partial charge in [-0.2, -0.15) is 5.10 Å².